The van der Waals surface area contributed by atoms with Crippen molar-refractivity contribution in [1.29, 1.82) is 0 Å². The summed E-state index contributed by atoms with van der Waals surface area (Å²) in [5, 5.41) is 11.4. The molecule has 0 unspecified atom stereocenters. The van der Waals surface area contributed by atoms with Crippen LogP contribution in [0.1, 0.15) is 16.7 Å². The average molecular weight is 221 g/mol. The quantitative estimate of drug-likeness (QED) is 0.341. The molecule has 2 heteroatoms. The molecule has 82 valence electrons. The summed E-state index contributed by atoms with van der Waals surface area (Å²) in [6.45, 7) is 0. The fourth-order valence-electron chi connectivity index (χ4n) is 1.39. The second kappa shape index (κ2) is 5.53. The summed E-state index contributed by atoms with van der Waals surface area (Å²) in [6, 6.07) is 17.3. The Hall–Kier alpha value is -2.53. The van der Waals surface area contributed by atoms with Crippen LogP contribution in [0.2, 0.25) is 0 Å². The second-order valence-corrected chi connectivity index (χ2v) is 3.48. The van der Waals surface area contributed by atoms with Crippen LogP contribution in [-0.4, -0.2) is 11.4 Å². The molecule has 2 nitrogen and oxygen atoms in total. The molecule has 0 fully saturated rings. The molecule has 0 atom stereocenters. The molecule has 0 saturated heterocycles. The van der Waals surface area contributed by atoms with E-state index in [2.05, 4.69) is 17.0 Å². The normalized spacial score (nSPS) is 9.88. The predicted molar refractivity (Wildman–Crippen MR) is 68.2 cm³/mol. The van der Waals surface area contributed by atoms with Crippen LogP contribution in [0.3, 0.4) is 0 Å². The minimum absolute atomic E-state index is 0.845. The summed E-state index contributed by atoms with van der Waals surface area (Å²) in [5.41, 5.74) is 2.77. The van der Waals surface area contributed by atoms with Crippen molar-refractivity contribution in [3.8, 4) is 11.8 Å². The van der Waals surface area contributed by atoms with Crippen LogP contribution in [0.5, 0.6) is 0 Å². The van der Waals surface area contributed by atoms with Gasteiger partial charge in [0.05, 0.1) is 6.21 Å². The lowest BCUT2D eigenvalue weighted by Crippen LogP contribution is -1.81. The van der Waals surface area contributed by atoms with Gasteiger partial charge >= 0.3 is 0 Å². The first-order valence-corrected chi connectivity index (χ1v) is 5.23. The van der Waals surface area contributed by atoms with Gasteiger partial charge in [0.1, 0.15) is 0 Å². The maximum absolute atomic E-state index is 8.38. The molecule has 0 amide bonds. The Bertz CT molecular complexity index is 559. The van der Waals surface area contributed by atoms with E-state index in [1.165, 1.54) is 6.21 Å². The zero-order valence-corrected chi connectivity index (χ0v) is 9.17. The molecule has 0 spiro atoms. The van der Waals surface area contributed by atoms with Crippen LogP contribution >= 0.6 is 0 Å². The van der Waals surface area contributed by atoms with Crippen molar-refractivity contribution in [2.45, 2.75) is 0 Å². The first kappa shape index (κ1) is 11.0. The smallest absolute Gasteiger partial charge is 0.0733 e. The lowest BCUT2D eigenvalue weighted by molar-refractivity contribution is 0.322. The summed E-state index contributed by atoms with van der Waals surface area (Å²) in [6.07, 6.45) is 1.38. The number of benzene rings is 2. The van der Waals surface area contributed by atoms with Crippen molar-refractivity contribution in [2.75, 3.05) is 0 Å². The minimum atomic E-state index is 0.845. The molecular weight excluding hydrogens is 210 g/mol. The third-order valence-electron chi connectivity index (χ3n) is 2.24. The summed E-state index contributed by atoms with van der Waals surface area (Å²) in [5.74, 6) is 6.15. The maximum Gasteiger partial charge on any atom is 0.0733 e. The SMILES string of the molecule is ON=Cc1ccc(C#Cc2ccccc2)cc1. The largest absolute Gasteiger partial charge is 0.411 e. The van der Waals surface area contributed by atoms with Gasteiger partial charge in [-0.3, -0.25) is 0 Å². The summed E-state index contributed by atoms with van der Waals surface area (Å²) >= 11 is 0. The van der Waals surface area contributed by atoms with Crippen molar-refractivity contribution in [3.63, 3.8) is 0 Å². The van der Waals surface area contributed by atoms with Crippen molar-refractivity contribution >= 4 is 6.21 Å². The Labute approximate surface area is 100 Å². The number of oxime groups is 1. The monoisotopic (exact) mass is 221 g/mol. The van der Waals surface area contributed by atoms with Gasteiger partial charge in [-0.25, -0.2) is 0 Å². The molecule has 0 radical (unpaired) electrons. The number of hydrogen-bond acceptors (Lipinski definition) is 2. The highest BCUT2D eigenvalue weighted by atomic mass is 16.4. The summed E-state index contributed by atoms with van der Waals surface area (Å²) < 4.78 is 0. The molecule has 0 aliphatic carbocycles. The number of nitrogens with zero attached hydrogens (tertiary/aromatic N) is 1. The van der Waals surface area contributed by atoms with Crippen LogP contribution in [0, 0.1) is 11.8 Å². The molecule has 0 bridgehead atoms. The van der Waals surface area contributed by atoms with Gasteiger partial charge in [-0.1, -0.05) is 47.3 Å². The van der Waals surface area contributed by atoms with E-state index in [0.717, 1.165) is 16.7 Å². The molecule has 0 aliphatic rings. The van der Waals surface area contributed by atoms with Gasteiger partial charge in [0.25, 0.3) is 0 Å². The van der Waals surface area contributed by atoms with Gasteiger partial charge in [-0.15, -0.1) is 0 Å². The molecule has 2 aromatic rings. The molecule has 0 saturated carbocycles. The first-order valence-electron chi connectivity index (χ1n) is 5.23. The average Bonchev–Trinajstić information content (AvgIpc) is 2.40. The molecule has 0 aromatic heterocycles. The van der Waals surface area contributed by atoms with Crippen LogP contribution in [-0.2, 0) is 0 Å². The first-order chi connectivity index (χ1) is 8.38. The highest BCUT2D eigenvalue weighted by Crippen LogP contribution is 2.02. The third kappa shape index (κ3) is 3.22. The van der Waals surface area contributed by atoms with Gasteiger partial charge in [0.2, 0.25) is 0 Å². The van der Waals surface area contributed by atoms with Gasteiger partial charge in [0, 0.05) is 11.1 Å². The lowest BCUT2D eigenvalue weighted by Gasteiger charge is -1.92. The third-order valence-corrected chi connectivity index (χ3v) is 2.24. The standard InChI is InChI=1S/C15H11NO/c17-16-12-15-10-8-14(9-11-15)7-6-13-4-2-1-3-5-13/h1-5,8-12,17H. The second-order valence-electron chi connectivity index (χ2n) is 3.48. The van der Waals surface area contributed by atoms with E-state index < -0.39 is 0 Å². The van der Waals surface area contributed by atoms with E-state index in [0.29, 0.717) is 0 Å². The number of rotatable bonds is 1. The van der Waals surface area contributed by atoms with E-state index in [1.54, 1.807) is 0 Å². The molecule has 2 rings (SSSR count). The lowest BCUT2D eigenvalue weighted by atomic mass is 10.1. The van der Waals surface area contributed by atoms with E-state index in [4.69, 9.17) is 5.21 Å². The Morgan fingerprint density at radius 1 is 0.824 bits per heavy atom. The summed E-state index contributed by atoms with van der Waals surface area (Å²) in [7, 11) is 0. The highest BCUT2D eigenvalue weighted by molar-refractivity contribution is 5.79. The maximum atomic E-state index is 8.38. The van der Waals surface area contributed by atoms with E-state index in [1.807, 2.05) is 54.6 Å². The van der Waals surface area contributed by atoms with Gasteiger partial charge in [-0.05, 0) is 29.8 Å². The Kier molecular flexibility index (Phi) is 3.57. The van der Waals surface area contributed by atoms with Gasteiger partial charge in [0.15, 0.2) is 0 Å². The molecule has 0 aliphatic heterocycles. The van der Waals surface area contributed by atoms with Crippen LogP contribution in [0.25, 0.3) is 0 Å². The molecule has 2 aromatic carbocycles. The van der Waals surface area contributed by atoms with Crippen molar-refractivity contribution in [2.24, 2.45) is 5.16 Å². The van der Waals surface area contributed by atoms with Gasteiger partial charge in [-0.2, -0.15) is 0 Å². The highest BCUT2D eigenvalue weighted by Gasteiger charge is 1.89. The topological polar surface area (TPSA) is 32.6 Å². The van der Waals surface area contributed by atoms with E-state index in [9.17, 15) is 0 Å². The van der Waals surface area contributed by atoms with Crippen molar-refractivity contribution in [3.05, 3.63) is 71.3 Å². The van der Waals surface area contributed by atoms with E-state index >= 15 is 0 Å². The van der Waals surface area contributed by atoms with Crippen molar-refractivity contribution in [1.82, 2.24) is 0 Å². The zero-order valence-electron chi connectivity index (χ0n) is 9.17. The molecular formula is C15H11NO. The Balaban J connectivity index is 2.17. The predicted octanol–water partition coefficient (Wildman–Crippen LogP) is 2.89. The van der Waals surface area contributed by atoms with Crippen LogP contribution in [0.15, 0.2) is 59.8 Å². The number of hydrogen-bond donors (Lipinski definition) is 1. The minimum Gasteiger partial charge on any atom is -0.411 e. The molecule has 17 heavy (non-hydrogen) atoms. The van der Waals surface area contributed by atoms with Gasteiger partial charge < -0.3 is 5.21 Å². The molecule has 1 N–H and O–H groups in total. The van der Waals surface area contributed by atoms with Crippen LogP contribution < -0.4 is 0 Å². The van der Waals surface area contributed by atoms with E-state index in [-0.39, 0.29) is 0 Å². The fraction of sp³-hybridized carbons (Fsp3) is 0. The fourth-order valence-corrected chi connectivity index (χ4v) is 1.39. The Morgan fingerprint density at radius 2 is 1.41 bits per heavy atom. The molecule has 0 heterocycles. The zero-order chi connectivity index (χ0) is 11.9. The summed E-state index contributed by atoms with van der Waals surface area (Å²) in [4.78, 5) is 0. The van der Waals surface area contributed by atoms with Crippen LogP contribution in [0.4, 0.5) is 0 Å². The Morgan fingerprint density at radius 3 is 2.00 bits per heavy atom. The van der Waals surface area contributed by atoms with Crippen molar-refractivity contribution < 1.29 is 5.21 Å².